The van der Waals surface area contributed by atoms with E-state index in [1.165, 1.54) is 0 Å². The van der Waals surface area contributed by atoms with Gasteiger partial charge >= 0.3 is 12.1 Å². The van der Waals surface area contributed by atoms with E-state index in [2.05, 4.69) is 22.8 Å². The molecule has 2 N–H and O–H groups in total. The van der Waals surface area contributed by atoms with Crippen LogP contribution in [0.5, 0.6) is 0 Å². The SMILES string of the molecule is CC(C)N1C(=O)N[C@@H](C)[C@H]2[C@@H]1NC(=O)N(C(C)C)[C@H]2c1ccccc1. The Kier molecular flexibility index (Phi) is 4.62. The highest BCUT2D eigenvalue weighted by Gasteiger charge is 2.52. The van der Waals surface area contributed by atoms with Crippen molar-refractivity contribution < 1.29 is 9.59 Å². The molecule has 2 saturated heterocycles. The molecule has 2 heterocycles. The molecule has 136 valence electrons. The predicted octanol–water partition coefficient (Wildman–Crippen LogP) is 2.93. The molecule has 4 amide bonds. The number of amides is 4. The second-order valence-electron chi connectivity index (χ2n) is 7.57. The monoisotopic (exact) mass is 344 g/mol. The van der Waals surface area contributed by atoms with E-state index in [0.29, 0.717) is 0 Å². The summed E-state index contributed by atoms with van der Waals surface area (Å²) in [6, 6.07) is 9.82. The maximum Gasteiger partial charge on any atom is 0.319 e. The first-order valence-corrected chi connectivity index (χ1v) is 9.05. The van der Waals surface area contributed by atoms with Crippen LogP contribution in [0.1, 0.15) is 46.2 Å². The summed E-state index contributed by atoms with van der Waals surface area (Å²) in [5, 5.41) is 6.19. The summed E-state index contributed by atoms with van der Waals surface area (Å²) in [5.74, 6) is 0.0580. The number of hydrogen-bond donors (Lipinski definition) is 2. The molecule has 2 fully saturated rings. The van der Waals surface area contributed by atoms with Crippen molar-refractivity contribution in [3.8, 4) is 0 Å². The smallest absolute Gasteiger partial charge is 0.319 e. The van der Waals surface area contributed by atoms with Gasteiger partial charge in [0, 0.05) is 24.0 Å². The van der Waals surface area contributed by atoms with E-state index in [1.54, 1.807) is 4.90 Å². The van der Waals surface area contributed by atoms with Crippen LogP contribution in [0, 0.1) is 5.92 Å². The summed E-state index contributed by atoms with van der Waals surface area (Å²) in [7, 11) is 0. The Balaban J connectivity index is 2.10. The minimum absolute atomic E-state index is 0.00215. The zero-order valence-electron chi connectivity index (χ0n) is 15.6. The van der Waals surface area contributed by atoms with Crippen LogP contribution in [0.25, 0.3) is 0 Å². The summed E-state index contributed by atoms with van der Waals surface area (Å²) in [4.78, 5) is 29.1. The number of rotatable bonds is 3. The van der Waals surface area contributed by atoms with Crippen molar-refractivity contribution in [1.29, 1.82) is 0 Å². The van der Waals surface area contributed by atoms with E-state index < -0.39 is 0 Å². The Bertz CT molecular complexity index is 646. The fourth-order valence-corrected chi connectivity index (χ4v) is 4.22. The minimum Gasteiger partial charge on any atom is -0.335 e. The lowest BCUT2D eigenvalue weighted by atomic mass is 9.80. The highest BCUT2D eigenvalue weighted by atomic mass is 16.2. The molecule has 6 heteroatoms. The first-order valence-electron chi connectivity index (χ1n) is 9.05. The maximum absolute atomic E-state index is 12.9. The Hall–Kier alpha value is -2.24. The molecule has 0 aromatic heterocycles. The van der Waals surface area contributed by atoms with E-state index in [1.807, 2.05) is 57.7 Å². The van der Waals surface area contributed by atoms with Crippen molar-refractivity contribution in [2.75, 3.05) is 0 Å². The third kappa shape index (κ3) is 2.94. The van der Waals surface area contributed by atoms with Gasteiger partial charge in [-0.3, -0.25) is 0 Å². The van der Waals surface area contributed by atoms with E-state index in [9.17, 15) is 9.59 Å². The van der Waals surface area contributed by atoms with Gasteiger partial charge in [-0.2, -0.15) is 0 Å². The molecule has 0 aliphatic carbocycles. The lowest BCUT2D eigenvalue weighted by Gasteiger charge is -2.55. The van der Waals surface area contributed by atoms with Gasteiger partial charge in [-0.1, -0.05) is 30.3 Å². The first-order chi connectivity index (χ1) is 11.8. The number of hydrogen-bond acceptors (Lipinski definition) is 2. The van der Waals surface area contributed by atoms with Crippen LogP contribution in [0.2, 0.25) is 0 Å². The van der Waals surface area contributed by atoms with Gasteiger partial charge in [0.15, 0.2) is 0 Å². The molecule has 2 aliphatic heterocycles. The normalized spacial score (nSPS) is 29.6. The van der Waals surface area contributed by atoms with Gasteiger partial charge in [-0.05, 0) is 40.2 Å². The highest BCUT2D eigenvalue weighted by molar-refractivity contribution is 5.81. The molecule has 0 unspecified atom stereocenters. The van der Waals surface area contributed by atoms with Gasteiger partial charge in [-0.15, -0.1) is 0 Å². The van der Waals surface area contributed by atoms with E-state index in [4.69, 9.17) is 0 Å². The Labute approximate surface area is 149 Å². The molecule has 4 atom stereocenters. The number of benzene rings is 1. The maximum atomic E-state index is 12.9. The third-order valence-corrected chi connectivity index (χ3v) is 5.25. The van der Waals surface area contributed by atoms with Crippen molar-refractivity contribution in [2.45, 2.75) is 65.0 Å². The average Bonchev–Trinajstić information content (AvgIpc) is 2.53. The van der Waals surface area contributed by atoms with Crippen LogP contribution in [0.3, 0.4) is 0 Å². The number of fused-ring (bicyclic) bond motifs is 1. The van der Waals surface area contributed by atoms with Gasteiger partial charge in [0.25, 0.3) is 0 Å². The van der Waals surface area contributed by atoms with E-state index in [-0.39, 0.29) is 48.3 Å². The van der Waals surface area contributed by atoms with Gasteiger partial charge in [-0.25, -0.2) is 9.59 Å². The molecule has 6 nitrogen and oxygen atoms in total. The van der Waals surface area contributed by atoms with Crippen LogP contribution < -0.4 is 10.6 Å². The molecular formula is C19H28N4O2. The van der Waals surface area contributed by atoms with Crippen molar-refractivity contribution in [1.82, 2.24) is 20.4 Å². The molecule has 3 rings (SSSR count). The third-order valence-electron chi connectivity index (χ3n) is 5.25. The molecule has 0 bridgehead atoms. The lowest BCUT2D eigenvalue weighted by molar-refractivity contribution is -0.0116. The van der Waals surface area contributed by atoms with E-state index in [0.717, 1.165) is 5.56 Å². The molecule has 1 aromatic carbocycles. The summed E-state index contributed by atoms with van der Waals surface area (Å²) in [6.07, 6.45) is -0.309. The zero-order valence-corrected chi connectivity index (χ0v) is 15.6. The zero-order chi connectivity index (χ0) is 18.3. The largest absolute Gasteiger partial charge is 0.335 e. The van der Waals surface area contributed by atoms with Crippen LogP contribution in [-0.2, 0) is 0 Å². The Morgan fingerprint density at radius 3 is 2.00 bits per heavy atom. The van der Waals surface area contributed by atoms with Crippen molar-refractivity contribution in [3.63, 3.8) is 0 Å². The molecule has 0 radical (unpaired) electrons. The number of nitrogens with zero attached hydrogens (tertiary/aromatic N) is 2. The topological polar surface area (TPSA) is 64.7 Å². The second-order valence-corrected chi connectivity index (χ2v) is 7.57. The Morgan fingerprint density at radius 1 is 0.880 bits per heavy atom. The van der Waals surface area contributed by atoms with Gasteiger partial charge in [0.05, 0.1) is 6.04 Å². The van der Waals surface area contributed by atoms with Crippen molar-refractivity contribution in [3.05, 3.63) is 35.9 Å². The van der Waals surface area contributed by atoms with Crippen molar-refractivity contribution >= 4 is 12.1 Å². The first kappa shape index (κ1) is 17.6. The summed E-state index contributed by atoms with van der Waals surface area (Å²) in [5.41, 5.74) is 1.10. The minimum atomic E-state index is -0.309. The summed E-state index contributed by atoms with van der Waals surface area (Å²) >= 11 is 0. The molecular weight excluding hydrogens is 316 g/mol. The number of urea groups is 2. The summed E-state index contributed by atoms with van der Waals surface area (Å²) in [6.45, 7) is 10.0. The second kappa shape index (κ2) is 6.58. The number of carbonyl (C=O) groups is 2. The number of nitrogens with one attached hydrogen (secondary N) is 2. The lowest BCUT2D eigenvalue weighted by Crippen LogP contribution is -2.74. The molecule has 25 heavy (non-hydrogen) atoms. The number of carbonyl (C=O) groups excluding carboxylic acids is 2. The standard InChI is InChI=1S/C19H28N4O2/c1-11(2)22-16(14-9-7-6-8-10-14)15-13(5)20-18(24)23(12(3)4)17(15)21-19(22)25/h6-13,15-17H,1-5H3,(H,20,24)(H,21,25)/t13-,15+,16-,17+/m0/s1. The predicted molar refractivity (Wildman–Crippen MR) is 96.9 cm³/mol. The van der Waals surface area contributed by atoms with Crippen LogP contribution in [0.4, 0.5) is 9.59 Å². The van der Waals surface area contributed by atoms with Gasteiger partial charge in [0.1, 0.15) is 6.17 Å². The highest BCUT2D eigenvalue weighted by Crippen LogP contribution is 2.40. The van der Waals surface area contributed by atoms with E-state index >= 15 is 0 Å². The molecule has 0 saturated carbocycles. The van der Waals surface area contributed by atoms with Crippen LogP contribution in [-0.4, -0.2) is 46.2 Å². The quantitative estimate of drug-likeness (QED) is 0.885. The fraction of sp³-hybridized carbons (Fsp3) is 0.579. The van der Waals surface area contributed by atoms with Crippen LogP contribution in [0.15, 0.2) is 30.3 Å². The van der Waals surface area contributed by atoms with Gasteiger partial charge < -0.3 is 20.4 Å². The van der Waals surface area contributed by atoms with Crippen LogP contribution >= 0.6 is 0 Å². The molecule has 2 aliphatic rings. The Morgan fingerprint density at radius 2 is 1.44 bits per heavy atom. The molecule has 1 aromatic rings. The van der Waals surface area contributed by atoms with Crippen molar-refractivity contribution in [2.24, 2.45) is 5.92 Å². The summed E-state index contributed by atoms with van der Waals surface area (Å²) < 4.78 is 0. The average molecular weight is 344 g/mol. The fourth-order valence-electron chi connectivity index (χ4n) is 4.22. The molecule has 0 spiro atoms. The van der Waals surface area contributed by atoms with Gasteiger partial charge in [0.2, 0.25) is 0 Å².